The van der Waals surface area contributed by atoms with Gasteiger partial charge >= 0.3 is 5.97 Å². The summed E-state index contributed by atoms with van der Waals surface area (Å²) in [5.41, 5.74) is 3.45. The van der Waals surface area contributed by atoms with Gasteiger partial charge in [0.05, 0.1) is 6.10 Å². The topological polar surface area (TPSA) is 51.5 Å². The summed E-state index contributed by atoms with van der Waals surface area (Å²) in [6.07, 6.45) is -0.171. The Morgan fingerprint density at radius 2 is 1.89 bits per heavy atom. The Morgan fingerprint density at radius 1 is 1.32 bits per heavy atom. The lowest BCUT2D eigenvalue weighted by Gasteiger charge is -2.22. The molecule has 0 aliphatic rings. The Balaban J connectivity index is 3.10. The van der Waals surface area contributed by atoms with Crippen LogP contribution in [-0.2, 0) is 9.53 Å². The molecule has 0 saturated carbocycles. The van der Waals surface area contributed by atoms with Gasteiger partial charge in [0.25, 0.3) is 0 Å². The number of nitrogens with zero attached hydrogens (tertiary/aromatic N) is 1. The van der Waals surface area contributed by atoms with Crippen molar-refractivity contribution in [2.75, 3.05) is 6.61 Å². The predicted molar refractivity (Wildman–Crippen MR) is 75.5 cm³/mol. The minimum Gasteiger partial charge on any atom is -0.480 e. The van der Waals surface area contributed by atoms with E-state index in [0.717, 1.165) is 11.3 Å². The van der Waals surface area contributed by atoms with E-state index in [0.29, 0.717) is 6.04 Å². The molecule has 108 valence electrons. The summed E-state index contributed by atoms with van der Waals surface area (Å²) < 4.78 is 7.83. The minimum absolute atomic E-state index is 0.171. The Labute approximate surface area is 115 Å². The highest BCUT2D eigenvalue weighted by molar-refractivity contribution is 5.68. The molecule has 1 rings (SSSR count). The van der Waals surface area contributed by atoms with E-state index in [1.54, 1.807) is 0 Å². The molecule has 1 unspecified atom stereocenters. The summed E-state index contributed by atoms with van der Waals surface area (Å²) in [5, 5.41) is 8.78. The first-order valence-electron chi connectivity index (χ1n) is 6.77. The van der Waals surface area contributed by atoms with Gasteiger partial charge in [-0.1, -0.05) is 13.8 Å². The van der Waals surface area contributed by atoms with Gasteiger partial charge in [0.15, 0.2) is 0 Å². The van der Waals surface area contributed by atoms with Crippen LogP contribution in [0.3, 0.4) is 0 Å². The number of aryl methyl sites for hydroxylation is 1. The van der Waals surface area contributed by atoms with Crippen LogP contribution < -0.4 is 0 Å². The molecule has 0 radical (unpaired) electrons. The van der Waals surface area contributed by atoms with Crippen molar-refractivity contribution in [1.82, 2.24) is 4.57 Å². The van der Waals surface area contributed by atoms with Crippen molar-refractivity contribution in [3.05, 3.63) is 23.0 Å². The van der Waals surface area contributed by atoms with Gasteiger partial charge in [0.1, 0.15) is 6.61 Å². The van der Waals surface area contributed by atoms with E-state index in [-0.39, 0.29) is 18.6 Å². The molecule has 0 aliphatic heterocycles. The van der Waals surface area contributed by atoms with Crippen LogP contribution in [0.15, 0.2) is 6.07 Å². The molecule has 0 aromatic carbocycles. The zero-order valence-corrected chi connectivity index (χ0v) is 12.7. The number of aliphatic carboxylic acids is 1. The summed E-state index contributed by atoms with van der Waals surface area (Å²) >= 11 is 0. The van der Waals surface area contributed by atoms with Crippen molar-refractivity contribution in [2.24, 2.45) is 5.92 Å². The van der Waals surface area contributed by atoms with E-state index in [2.05, 4.69) is 38.3 Å². The van der Waals surface area contributed by atoms with Gasteiger partial charge in [-0.25, -0.2) is 4.79 Å². The van der Waals surface area contributed by atoms with Gasteiger partial charge in [0.2, 0.25) is 0 Å². The molecule has 4 nitrogen and oxygen atoms in total. The Kier molecular flexibility index (Phi) is 5.18. The normalized spacial score (nSPS) is 13.3. The van der Waals surface area contributed by atoms with E-state index >= 15 is 0 Å². The van der Waals surface area contributed by atoms with Crippen molar-refractivity contribution < 1.29 is 14.6 Å². The molecule has 0 spiro atoms. The first-order chi connectivity index (χ1) is 8.75. The summed E-state index contributed by atoms with van der Waals surface area (Å²) in [5.74, 6) is -0.691. The second-order valence-electron chi connectivity index (χ2n) is 5.66. The highest BCUT2D eigenvalue weighted by atomic mass is 16.5. The number of hydrogen-bond donors (Lipinski definition) is 1. The number of aromatic nitrogens is 1. The van der Waals surface area contributed by atoms with Gasteiger partial charge in [-0.3, -0.25) is 0 Å². The molecular weight excluding hydrogens is 242 g/mol. The first kappa shape index (κ1) is 15.8. The van der Waals surface area contributed by atoms with Gasteiger partial charge in [-0.15, -0.1) is 0 Å². The number of rotatable bonds is 6. The van der Waals surface area contributed by atoms with Crippen molar-refractivity contribution in [2.45, 2.75) is 53.7 Å². The Morgan fingerprint density at radius 3 is 2.26 bits per heavy atom. The van der Waals surface area contributed by atoms with Gasteiger partial charge in [0, 0.05) is 23.0 Å². The maximum absolute atomic E-state index is 10.7. The lowest BCUT2D eigenvalue weighted by atomic mass is 9.99. The zero-order valence-electron chi connectivity index (χ0n) is 12.7. The largest absolute Gasteiger partial charge is 0.480 e. The maximum atomic E-state index is 10.7. The molecular formula is C15H25NO3. The second kappa shape index (κ2) is 6.24. The molecule has 1 aromatic rings. The standard InChI is InChI=1S/C15H25NO3/c1-9(2)15(19-8-14(17)18)13-7-11(5)16(10(3)4)12(13)6/h7,9-10,15H,8H2,1-6H3,(H,17,18). The number of carboxylic acids is 1. The fourth-order valence-electron chi connectivity index (χ4n) is 2.69. The summed E-state index contributed by atoms with van der Waals surface area (Å²) in [6, 6.07) is 2.50. The highest BCUT2D eigenvalue weighted by Gasteiger charge is 2.23. The number of ether oxygens (including phenoxy) is 1. The van der Waals surface area contributed by atoms with Gasteiger partial charge in [-0.2, -0.15) is 0 Å². The monoisotopic (exact) mass is 267 g/mol. The van der Waals surface area contributed by atoms with E-state index in [9.17, 15) is 4.79 Å². The molecule has 0 amide bonds. The Bertz CT molecular complexity index is 446. The van der Waals surface area contributed by atoms with E-state index in [1.807, 2.05) is 13.8 Å². The lowest BCUT2D eigenvalue weighted by molar-refractivity contribution is -0.145. The molecule has 0 bridgehead atoms. The van der Waals surface area contributed by atoms with Crippen molar-refractivity contribution in [3.8, 4) is 0 Å². The molecule has 1 atom stereocenters. The van der Waals surface area contributed by atoms with Crippen LogP contribution in [0.2, 0.25) is 0 Å². The zero-order chi connectivity index (χ0) is 14.7. The van der Waals surface area contributed by atoms with Crippen LogP contribution in [0.5, 0.6) is 0 Å². The molecule has 4 heteroatoms. The summed E-state index contributed by atoms with van der Waals surface area (Å²) in [4.78, 5) is 10.7. The van der Waals surface area contributed by atoms with E-state index < -0.39 is 5.97 Å². The van der Waals surface area contributed by atoms with Crippen LogP contribution in [0.4, 0.5) is 0 Å². The number of carboxylic acid groups (broad SMARTS) is 1. The number of carbonyl (C=O) groups is 1. The molecule has 1 heterocycles. The van der Waals surface area contributed by atoms with Gasteiger partial charge < -0.3 is 14.4 Å². The third kappa shape index (κ3) is 3.60. The van der Waals surface area contributed by atoms with Crippen LogP contribution in [0.25, 0.3) is 0 Å². The SMILES string of the molecule is Cc1cc(C(OCC(=O)O)C(C)C)c(C)n1C(C)C. The summed E-state index contributed by atoms with van der Waals surface area (Å²) in [7, 11) is 0. The highest BCUT2D eigenvalue weighted by Crippen LogP contribution is 2.32. The maximum Gasteiger partial charge on any atom is 0.329 e. The third-order valence-corrected chi connectivity index (χ3v) is 3.34. The van der Waals surface area contributed by atoms with Crippen LogP contribution in [-0.4, -0.2) is 22.2 Å². The van der Waals surface area contributed by atoms with Crippen molar-refractivity contribution in [3.63, 3.8) is 0 Å². The molecule has 1 N–H and O–H groups in total. The minimum atomic E-state index is -0.927. The molecule has 0 fully saturated rings. The van der Waals surface area contributed by atoms with Crippen molar-refractivity contribution in [1.29, 1.82) is 0 Å². The molecule has 0 saturated heterocycles. The van der Waals surface area contributed by atoms with E-state index in [4.69, 9.17) is 9.84 Å². The lowest BCUT2D eigenvalue weighted by Crippen LogP contribution is -2.17. The van der Waals surface area contributed by atoms with Crippen molar-refractivity contribution >= 4 is 5.97 Å². The fraction of sp³-hybridized carbons (Fsp3) is 0.667. The first-order valence-corrected chi connectivity index (χ1v) is 6.77. The Hall–Kier alpha value is -1.29. The summed E-state index contributed by atoms with van der Waals surface area (Å²) in [6.45, 7) is 12.3. The average molecular weight is 267 g/mol. The quantitative estimate of drug-likeness (QED) is 0.858. The van der Waals surface area contributed by atoms with Crippen LogP contribution >= 0.6 is 0 Å². The molecule has 0 aliphatic carbocycles. The fourth-order valence-corrected chi connectivity index (χ4v) is 2.69. The number of hydrogen-bond acceptors (Lipinski definition) is 2. The second-order valence-corrected chi connectivity index (χ2v) is 5.66. The average Bonchev–Trinajstić information content (AvgIpc) is 2.53. The van der Waals surface area contributed by atoms with Crippen LogP contribution in [0, 0.1) is 19.8 Å². The molecule has 1 aromatic heterocycles. The van der Waals surface area contributed by atoms with E-state index in [1.165, 1.54) is 5.69 Å². The predicted octanol–water partition coefficient (Wildman–Crippen LogP) is 3.48. The third-order valence-electron chi connectivity index (χ3n) is 3.34. The van der Waals surface area contributed by atoms with Crippen LogP contribution in [0.1, 0.15) is 56.8 Å². The molecule has 19 heavy (non-hydrogen) atoms. The van der Waals surface area contributed by atoms with Gasteiger partial charge in [-0.05, 0) is 39.7 Å². The smallest absolute Gasteiger partial charge is 0.329 e.